The topological polar surface area (TPSA) is 81.2 Å². The lowest BCUT2D eigenvalue weighted by atomic mass is 10.1. The Kier molecular flexibility index (Phi) is 3.99. The third-order valence-electron chi connectivity index (χ3n) is 5.24. The number of aromatic nitrogens is 3. The summed E-state index contributed by atoms with van der Waals surface area (Å²) in [6.07, 6.45) is 6.10. The van der Waals surface area contributed by atoms with Crippen LogP contribution in [0.5, 0.6) is 0 Å². The fourth-order valence-electron chi connectivity index (χ4n) is 3.91. The van der Waals surface area contributed by atoms with Crippen molar-refractivity contribution in [2.45, 2.75) is 63.3 Å². The molecule has 2 fully saturated rings. The van der Waals surface area contributed by atoms with E-state index in [-0.39, 0.29) is 10.9 Å². The third-order valence-corrected chi connectivity index (χ3v) is 7.35. The van der Waals surface area contributed by atoms with Crippen molar-refractivity contribution in [2.75, 3.05) is 13.1 Å². The SMILES string of the molecule is Cc1noc(C)c1S(=O)(=O)N1CCCC(n2c(C)cnc2C2CC2)C1. The highest BCUT2D eigenvalue weighted by molar-refractivity contribution is 7.89. The first kappa shape index (κ1) is 16.8. The number of sulfonamides is 1. The minimum Gasteiger partial charge on any atom is -0.360 e. The molecule has 7 nitrogen and oxygen atoms in total. The average molecular weight is 364 g/mol. The maximum Gasteiger partial charge on any atom is 0.248 e. The quantitative estimate of drug-likeness (QED) is 0.833. The van der Waals surface area contributed by atoms with Gasteiger partial charge in [-0.3, -0.25) is 0 Å². The molecule has 0 radical (unpaired) electrons. The molecule has 0 amide bonds. The molecular formula is C17H24N4O3S. The minimum atomic E-state index is -3.59. The summed E-state index contributed by atoms with van der Waals surface area (Å²) in [5, 5.41) is 3.81. The molecule has 0 spiro atoms. The molecule has 0 aromatic carbocycles. The molecular weight excluding hydrogens is 340 g/mol. The van der Waals surface area contributed by atoms with Crippen molar-refractivity contribution in [3.63, 3.8) is 0 Å². The standard InChI is InChI=1S/C17H24N4O3S/c1-11-9-18-17(14-6-7-14)21(11)15-5-4-8-20(10-15)25(22,23)16-12(2)19-24-13(16)3/h9,14-15H,4-8,10H2,1-3H3. The molecule has 1 saturated carbocycles. The molecule has 1 atom stereocenters. The highest BCUT2D eigenvalue weighted by Gasteiger charge is 2.37. The van der Waals surface area contributed by atoms with E-state index in [0.29, 0.717) is 30.5 Å². The van der Waals surface area contributed by atoms with Crippen molar-refractivity contribution in [3.05, 3.63) is 29.2 Å². The second kappa shape index (κ2) is 5.95. The molecule has 1 aliphatic carbocycles. The van der Waals surface area contributed by atoms with Gasteiger partial charge in [-0.1, -0.05) is 5.16 Å². The highest BCUT2D eigenvalue weighted by Crippen LogP contribution is 2.41. The summed E-state index contributed by atoms with van der Waals surface area (Å²) in [6, 6.07) is 0.141. The molecule has 1 unspecified atom stereocenters. The molecule has 1 aliphatic heterocycles. The van der Waals surface area contributed by atoms with Gasteiger partial charge in [-0.2, -0.15) is 4.31 Å². The lowest BCUT2D eigenvalue weighted by Gasteiger charge is -2.34. The van der Waals surface area contributed by atoms with Crippen LogP contribution < -0.4 is 0 Å². The number of piperidine rings is 1. The van der Waals surface area contributed by atoms with Gasteiger partial charge in [0.1, 0.15) is 16.4 Å². The van der Waals surface area contributed by atoms with Crippen LogP contribution in [0.1, 0.15) is 60.6 Å². The second-order valence-electron chi connectivity index (χ2n) is 7.21. The van der Waals surface area contributed by atoms with Crippen LogP contribution in [-0.4, -0.2) is 40.5 Å². The molecule has 25 heavy (non-hydrogen) atoms. The van der Waals surface area contributed by atoms with Crippen LogP contribution in [0.3, 0.4) is 0 Å². The summed E-state index contributed by atoms with van der Waals surface area (Å²) >= 11 is 0. The number of hydrogen-bond donors (Lipinski definition) is 0. The van der Waals surface area contributed by atoms with Crippen LogP contribution in [0.25, 0.3) is 0 Å². The molecule has 4 rings (SSSR count). The normalized spacial score (nSPS) is 22.4. The second-order valence-corrected chi connectivity index (χ2v) is 9.09. The fraction of sp³-hybridized carbons (Fsp3) is 0.647. The van der Waals surface area contributed by atoms with Crippen molar-refractivity contribution >= 4 is 10.0 Å². The maximum absolute atomic E-state index is 13.1. The zero-order valence-electron chi connectivity index (χ0n) is 14.9. The fourth-order valence-corrected chi connectivity index (χ4v) is 5.71. The predicted molar refractivity (Wildman–Crippen MR) is 91.9 cm³/mol. The van der Waals surface area contributed by atoms with Crippen molar-refractivity contribution < 1.29 is 12.9 Å². The Labute approximate surface area is 148 Å². The van der Waals surface area contributed by atoms with Crippen molar-refractivity contribution in [2.24, 2.45) is 0 Å². The predicted octanol–water partition coefficient (Wildman–Crippen LogP) is 2.70. The Morgan fingerprint density at radius 2 is 1.96 bits per heavy atom. The van der Waals surface area contributed by atoms with E-state index in [4.69, 9.17) is 4.52 Å². The molecule has 2 aromatic rings. The number of aryl methyl sites for hydroxylation is 3. The number of hydrogen-bond acceptors (Lipinski definition) is 5. The number of imidazole rings is 1. The van der Waals surface area contributed by atoms with E-state index in [2.05, 4.69) is 21.6 Å². The van der Waals surface area contributed by atoms with Gasteiger partial charge in [-0.15, -0.1) is 0 Å². The van der Waals surface area contributed by atoms with Crippen LogP contribution in [0.15, 0.2) is 15.6 Å². The van der Waals surface area contributed by atoms with Gasteiger partial charge in [0.05, 0.1) is 0 Å². The largest absolute Gasteiger partial charge is 0.360 e. The zero-order valence-corrected chi connectivity index (χ0v) is 15.7. The van der Waals surface area contributed by atoms with Crippen LogP contribution in [0.2, 0.25) is 0 Å². The van der Waals surface area contributed by atoms with E-state index in [1.807, 2.05) is 6.20 Å². The Balaban J connectivity index is 1.65. The van der Waals surface area contributed by atoms with Crippen molar-refractivity contribution in [3.8, 4) is 0 Å². The Bertz CT molecular complexity index is 876. The Morgan fingerprint density at radius 3 is 2.60 bits per heavy atom. The van der Waals surface area contributed by atoms with Gasteiger partial charge in [0.2, 0.25) is 10.0 Å². The van der Waals surface area contributed by atoms with Gasteiger partial charge in [0.25, 0.3) is 0 Å². The number of rotatable bonds is 4. The first-order chi connectivity index (χ1) is 11.9. The monoisotopic (exact) mass is 364 g/mol. The van der Waals surface area contributed by atoms with E-state index in [0.717, 1.165) is 24.4 Å². The Hall–Kier alpha value is -1.67. The summed E-state index contributed by atoms with van der Waals surface area (Å²) in [7, 11) is -3.59. The van der Waals surface area contributed by atoms with E-state index >= 15 is 0 Å². The molecule has 136 valence electrons. The van der Waals surface area contributed by atoms with Crippen molar-refractivity contribution in [1.82, 2.24) is 19.0 Å². The molecule has 0 bridgehead atoms. The van der Waals surface area contributed by atoms with E-state index in [1.54, 1.807) is 18.2 Å². The first-order valence-electron chi connectivity index (χ1n) is 8.86. The van der Waals surface area contributed by atoms with Crippen LogP contribution in [0.4, 0.5) is 0 Å². The number of nitrogens with zero attached hydrogens (tertiary/aromatic N) is 4. The van der Waals surface area contributed by atoms with Gasteiger partial charge in [-0.05, 0) is 46.5 Å². The van der Waals surface area contributed by atoms with E-state index < -0.39 is 10.0 Å². The molecule has 8 heteroatoms. The summed E-state index contributed by atoms with van der Waals surface area (Å²) in [5.74, 6) is 2.03. The molecule has 2 aliphatic rings. The molecule has 0 N–H and O–H groups in total. The summed E-state index contributed by atoms with van der Waals surface area (Å²) in [6.45, 7) is 6.40. The maximum atomic E-state index is 13.1. The summed E-state index contributed by atoms with van der Waals surface area (Å²) in [5.41, 5.74) is 1.54. The van der Waals surface area contributed by atoms with Crippen LogP contribution in [-0.2, 0) is 10.0 Å². The summed E-state index contributed by atoms with van der Waals surface area (Å²) in [4.78, 5) is 4.81. The highest BCUT2D eigenvalue weighted by atomic mass is 32.2. The van der Waals surface area contributed by atoms with Gasteiger partial charge >= 0.3 is 0 Å². The average Bonchev–Trinajstić information content (AvgIpc) is 3.26. The van der Waals surface area contributed by atoms with E-state index in [9.17, 15) is 8.42 Å². The Morgan fingerprint density at radius 1 is 1.20 bits per heavy atom. The summed E-state index contributed by atoms with van der Waals surface area (Å²) < 4.78 is 35.2. The smallest absolute Gasteiger partial charge is 0.248 e. The lowest BCUT2D eigenvalue weighted by Crippen LogP contribution is -2.41. The van der Waals surface area contributed by atoms with Gasteiger partial charge in [-0.25, -0.2) is 13.4 Å². The van der Waals surface area contributed by atoms with Crippen LogP contribution in [0, 0.1) is 20.8 Å². The first-order valence-corrected chi connectivity index (χ1v) is 10.3. The van der Waals surface area contributed by atoms with Crippen LogP contribution >= 0.6 is 0 Å². The van der Waals surface area contributed by atoms with E-state index in [1.165, 1.54) is 12.8 Å². The molecule has 2 aromatic heterocycles. The van der Waals surface area contributed by atoms with Gasteiger partial charge in [0.15, 0.2) is 5.76 Å². The molecule has 3 heterocycles. The third kappa shape index (κ3) is 2.81. The molecule has 1 saturated heterocycles. The van der Waals surface area contributed by atoms with Gasteiger partial charge in [0, 0.05) is 36.9 Å². The minimum absolute atomic E-state index is 0.141. The zero-order chi connectivity index (χ0) is 17.8. The van der Waals surface area contributed by atoms with Gasteiger partial charge < -0.3 is 9.09 Å². The van der Waals surface area contributed by atoms with Crippen molar-refractivity contribution in [1.29, 1.82) is 0 Å². The lowest BCUT2D eigenvalue weighted by molar-refractivity contribution is 0.260.